The summed E-state index contributed by atoms with van der Waals surface area (Å²) in [5.41, 5.74) is 9.74. The van der Waals surface area contributed by atoms with E-state index in [1.54, 1.807) is 6.07 Å². The van der Waals surface area contributed by atoms with Gasteiger partial charge in [-0.2, -0.15) is 0 Å². The van der Waals surface area contributed by atoms with Crippen molar-refractivity contribution in [3.05, 3.63) is 77.5 Å². The number of ether oxygens (including phenoxy) is 1. The molecule has 1 unspecified atom stereocenters. The highest BCUT2D eigenvalue weighted by molar-refractivity contribution is 5.98. The summed E-state index contributed by atoms with van der Waals surface area (Å²) < 4.78 is 7.80. The summed E-state index contributed by atoms with van der Waals surface area (Å²) in [4.78, 5) is 23.2. The van der Waals surface area contributed by atoms with Crippen molar-refractivity contribution < 1.29 is 19.4 Å². The van der Waals surface area contributed by atoms with Gasteiger partial charge in [-0.15, -0.1) is 0 Å². The molecule has 0 bridgehead atoms. The topological polar surface area (TPSA) is 94.6 Å². The summed E-state index contributed by atoms with van der Waals surface area (Å²) >= 11 is 0. The molecule has 1 atom stereocenters. The highest BCUT2D eigenvalue weighted by Gasteiger charge is 2.34. The highest BCUT2D eigenvalue weighted by Crippen LogP contribution is 2.44. The second-order valence-electron chi connectivity index (χ2n) is 7.95. The predicted octanol–water partition coefficient (Wildman–Crippen LogP) is 3.82. The van der Waals surface area contributed by atoms with Crippen molar-refractivity contribution in [3.63, 3.8) is 0 Å². The lowest BCUT2D eigenvalue weighted by atomic mass is 9.99. The van der Waals surface area contributed by atoms with E-state index in [2.05, 4.69) is 34.9 Å². The van der Waals surface area contributed by atoms with E-state index in [1.807, 2.05) is 24.3 Å². The smallest absolute Gasteiger partial charge is 0.341 e. The van der Waals surface area contributed by atoms with Gasteiger partial charge in [0.05, 0.1) is 11.4 Å². The second kappa shape index (κ2) is 7.47. The van der Waals surface area contributed by atoms with E-state index in [4.69, 9.17) is 15.6 Å². The van der Waals surface area contributed by atoms with E-state index >= 15 is 0 Å². The third-order valence-electron chi connectivity index (χ3n) is 6.07. The first-order valence-electron chi connectivity index (χ1n) is 10.3. The van der Waals surface area contributed by atoms with Gasteiger partial charge in [-0.05, 0) is 52.9 Å². The molecule has 6 heteroatoms. The van der Waals surface area contributed by atoms with Gasteiger partial charge in [-0.3, -0.25) is 4.79 Å². The zero-order valence-corrected chi connectivity index (χ0v) is 16.9. The van der Waals surface area contributed by atoms with Crippen LogP contribution < -0.4 is 10.5 Å². The minimum absolute atomic E-state index is 0.364. The molecule has 0 radical (unpaired) electrons. The number of aromatic nitrogens is 1. The van der Waals surface area contributed by atoms with Crippen molar-refractivity contribution in [1.29, 1.82) is 0 Å². The lowest BCUT2D eigenvalue weighted by Gasteiger charge is -2.12. The van der Waals surface area contributed by atoms with Crippen LogP contribution in [0.15, 0.2) is 60.7 Å². The third kappa shape index (κ3) is 3.30. The maximum Gasteiger partial charge on any atom is 0.341 e. The van der Waals surface area contributed by atoms with Gasteiger partial charge in [0.2, 0.25) is 5.91 Å². The fourth-order valence-corrected chi connectivity index (χ4v) is 4.77. The molecule has 6 nitrogen and oxygen atoms in total. The lowest BCUT2D eigenvalue weighted by molar-refractivity contribution is -0.139. The maximum absolute atomic E-state index is 12.2. The minimum Gasteiger partial charge on any atom is -0.481 e. The number of hydrogen-bond acceptors (Lipinski definition) is 3. The van der Waals surface area contributed by atoms with Crippen molar-refractivity contribution in [2.75, 3.05) is 6.61 Å². The van der Waals surface area contributed by atoms with E-state index in [1.165, 1.54) is 10.8 Å². The Morgan fingerprint density at radius 2 is 1.87 bits per heavy atom. The molecule has 1 aromatic heterocycles. The molecule has 0 saturated carbocycles. The van der Waals surface area contributed by atoms with Crippen LogP contribution in [0.25, 0.3) is 21.7 Å². The molecule has 1 aliphatic carbocycles. The number of aliphatic carboxylic acids is 1. The number of carbonyl (C=O) groups excluding carboxylic acids is 1. The van der Waals surface area contributed by atoms with Crippen molar-refractivity contribution >= 4 is 33.6 Å². The van der Waals surface area contributed by atoms with Crippen molar-refractivity contribution in [1.82, 2.24) is 4.57 Å². The largest absolute Gasteiger partial charge is 0.481 e. The molecule has 3 aromatic carbocycles. The summed E-state index contributed by atoms with van der Waals surface area (Å²) in [7, 11) is 0. The molecule has 1 amide bonds. The fourth-order valence-electron chi connectivity index (χ4n) is 4.77. The number of carboxylic acid groups (broad SMARTS) is 1. The quantitative estimate of drug-likeness (QED) is 0.501. The summed E-state index contributed by atoms with van der Waals surface area (Å²) in [6.45, 7) is 0.204. The Kier molecular flexibility index (Phi) is 4.62. The number of amides is 1. The molecule has 1 aliphatic rings. The first kappa shape index (κ1) is 19.2. The lowest BCUT2D eigenvalue weighted by Crippen LogP contribution is -2.19. The Bertz CT molecular complexity index is 1340. The van der Waals surface area contributed by atoms with Crippen molar-refractivity contribution in [2.45, 2.75) is 25.3 Å². The van der Waals surface area contributed by atoms with E-state index in [9.17, 15) is 9.59 Å². The summed E-state index contributed by atoms with van der Waals surface area (Å²) in [5.74, 6) is -1.33. The monoisotopic (exact) mass is 414 g/mol. The molecule has 0 aliphatic heterocycles. The van der Waals surface area contributed by atoms with E-state index in [-0.39, 0.29) is 5.91 Å². The first-order valence-corrected chi connectivity index (χ1v) is 10.3. The molecule has 156 valence electrons. The van der Waals surface area contributed by atoms with Crippen LogP contribution in [0.4, 0.5) is 0 Å². The number of nitrogens with two attached hydrogens (primary N) is 1. The van der Waals surface area contributed by atoms with Crippen molar-refractivity contribution in [3.8, 4) is 5.75 Å². The molecule has 5 rings (SSSR count). The van der Waals surface area contributed by atoms with Crippen LogP contribution in [0, 0.1) is 0 Å². The normalized spacial score (nSPS) is 15.3. The number of carboxylic acids is 1. The van der Waals surface area contributed by atoms with Gasteiger partial charge in [-0.1, -0.05) is 42.5 Å². The van der Waals surface area contributed by atoms with Crippen LogP contribution in [0.5, 0.6) is 5.75 Å². The molecule has 0 spiro atoms. The fraction of sp³-hybridized carbons (Fsp3) is 0.200. The Balaban J connectivity index is 1.66. The molecule has 3 N–H and O–H groups in total. The Morgan fingerprint density at radius 3 is 2.65 bits per heavy atom. The van der Waals surface area contributed by atoms with Crippen LogP contribution in [0.3, 0.4) is 0 Å². The van der Waals surface area contributed by atoms with Gasteiger partial charge >= 0.3 is 5.97 Å². The van der Waals surface area contributed by atoms with Crippen LogP contribution >= 0.6 is 0 Å². The van der Waals surface area contributed by atoms with E-state index in [0.29, 0.717) is 18.7 Å². The molecule has 0 saturated heterocycles. The first-order chi connectivity index (χ1) is 15.0. The average Bonchev–Trinajstić information content (AvgIpc) is 3.32. The number of hydrogen-bond donors (Lipinski definition) is 2. The van der Waals surface area contributed by atoms with Gasteiger partial charge < -0.3 is 20.1 Å². The molecule has 0 fully saturated rings. The van der Waals surface area contributed by atoms with Crippen LogP contribution in [0.1, 0.15) is 29.2 Å². The summed E-state index contributed by atoms with van der Waals surface area (Å²) in [6, 6.07) is 20.2. The molecule has 1 heterocycles. The van der Waals surface area contributed by atoms with Gasteiger partial charge in [0, 0.05) is 17.6 Å². The second-order valence-corrected chi connectivity index (χ2v) is 7.95. The Morgan fingerprint density at radius 1 is 1.06 bits per heavy atom. The van der Waals surface area contributed by atoms with E-state index in [0.717, 1.165) is 34.1 Å². The number of nitrogens with zero attached hydrogens (tertiary/aromatic N) is 1. The molecule has 4 aromatic rings. The SMILES string of the molecule is NC(=O)C1CCc2c1c1c(OCC(=O)O)cccc1n2Cc1ccc2ccccc2c1. The highest BCUT2D eigenvalue weighted by atomic mass is 16.5. The summed E-state index contributed by atoms with van der Waals surface area (Å²) in [5, 5.41) is 12.2. The van der Waals surface area contributed by atoms with Crippen LogP contribution in [-0.4, -0.2) is 28.2 Å². The number of primary amides is 1. The zero-order valence-electron chi connectivity index (χ0n) is 16.9. The van der Waals surface area contributed by atoms with Gasteiger partial charge in [-0.25, -0.2) is 4.79 Å². The number of rotatable bonds is 6. The average molecular weight is 414 g/mol. The summed E-state index contributed by atoms with van der Waals surface area (Å²) in [6.07, 6.45) is 1.39. The van der Waals surface area contributed by atoms with Gasteiger partial charge in [0.25, 0.3) is 0 Å². The number of benzene rings is 3. The molecule has 31 heavy (non-hydrogen) atoms. The number of fused-ring (bicyclic) bond motifs is 4. The molecular formula is C25H22N2O4. The predicted molar refractivity (Wildman–Crippen MR) is 118 cm³/mol. The molecular weight excluding hydrogens is 392 g/mol. The standard InChI is InChI=1S/C25H22N2O4/c26-25(30)18-10-11-20-23(18)24-19(6-3-7-21(24)31-14-22(28)29)27(20)13-15-8-9-16-4-1-2-5-17(16)12-15/h1-9,12,18H,10-11,13-14H2,(H2,26,30)(H,28,29). The Labute approximate surface area is 178 Å². The third-order valence-corrected chi connectivity index (χ3v) is 6.07. The van der Waals surface area contributed by atoms with Crippen molar-refractivity contribution in [2.24, 2.45) is 5.73 Å². The van der Waals surface area contributed by atoms with Gasteiger partial charge in [0.1, 0.15) is 5.75 Å². The van der Waals surface area contributed by atoms with Crippen LogP contribution in [0.2, 0.25) is 0 Å². The Hall–Kier alpha value is -3.80. The zero-order chi connectivity index (χ0) is 21.5. The van der Waals surface area contributed by atoms with Crippen LogP contribution in [-0.2, 0) is 22.6 Å². The van der Waals surface area contributed by atoms with E-state index < -0.39 is 18.5 Å². The maximum atomic E-state index is 12.2. The van der Waals surface area contributed by atoms with Gasteiger partial charge in [0.15, 0.2) is 6.61 Å². The number of carbonyl (C=O) groups is 2. The minimum atomic E-state index is -1.05.